The molecule has 0 aliphatic heterocycles. The summed E-state index contributed by atoms with van der Waals surface area (Å²) in [5.74, 6) is -0.0261. The lowest BCUT2D eigenvalue weighted by Crippen LogP contribution is -2.25. The van der Waals surface area contributed by atoms with Crippen molar-refractivity contribution in [2.75, 3.05) is 12.4 Å². The first-order valence-electron chi connectivity index (χ1n) is 8.78. The van der Waals surface area contributed by atoms with Crippen LogP contribution in [0.4, 0.5) is 15.0 Å². The molecule has 0 atom stereocenters. The molecule has 0 aliphatic carbocycles. The molecule has 0 spiro atoms. The second kappa shape index (κ2) is 7.67. The van der Waals surface area contributed by atoms with Crippen molar-refractivity contribution in [3.63, 3.8) is 0 Å². The molecule has 146 valence electrons. The molecule has 3 aromatic rings. The van der Waals surface area contributed by atoms with Gasteiger partial charge in [0.05, 0.1) is 5.56 Å². The Morgan fingerprint density at radius 1 is 1.25 bits per heavy atom. The number of carbonyl (C=O) groups excluding carboxylic acids is 1. The summed E-state index contributed by atoms with van der Waals surface area (Å²) in [4.78, 5) is 27.7. The minimum atomic E-state index is -0.724. The highest BCUT2D eigenvalue weighted by molar-refractivity contribution is 5.91. The number of anilines is 1. The van der Waals surface area contributed by atoms with Gasteiger partial charge in [0, 0.05) is 42.7 Å². The number of halogens is 1. The number of carbonyl (C=O) groups is 1. The van der Waals surface area contributed by atoms with E-state index >= 15 is 4.39 Å². The third-order valence-electron chi connectivity index (χ3n) is 4.27. The predicted molar refractivity (Wildman–Crippen MR) is 105 cm³/mol. The van der Waals surface area contributed by atoms with Crippen LogP contribution in [0.3, 0.4) is 0 Å². The Kier molecular flexibility index (Phi) is 5.30. The first-order valence-corrected chi connectivity index (χ1v) is 8.78. The van der Waals surface area contributed by atoms with E-state index in [0.29, 0.717) is 22.6 Å². The van der Waals surface area contributed by atoms with Crippen molar-refractivity contribution >= 4 is 11.8 Å². The van der Waals surface area contributed by atoms with Crippen molar-refractivity contribution in [3.05, 3.63) is 58.6 Å². The molecule has 0 unspecified atom stereocenters. The largest absolute Gasteiger partial charge is 0.461 e. The third kappa shape index (κ3) is 3.66. The van der Waals surface area contributed by atoms with E-state index in [1.54, 1.807) is 35.9 Å². The van der Waals surface area contributed by atoms with Gasteiger partial charge >= 0.3 is 6.03 Å². The highest BCUT2D eigenvalue weighted by Crippen LogP contribution is 2.37. The molecule has 0 fully saturated rings. The Bertz CT molecular complexity index is 1090. The Balaban J connectivity index is 2.24. The zero-order valence-electron chi connectivity index (χ0n) is 16.0. The van der Waals surface area contributed by atoms with Crippen molar-refractivity contribution in [2.45, 2.75) is 26.8 Å². The van der Waals surface area contributed by atoms with Crippen molar-refractivity contribution < 1.29 is 13.6 Å². The minimum absolute atomic E-state index is 0.0613. The van der Waals surface area contributed by atoms with Gasteiger partial charge in [0.2, 0.25) is 0 Å². The molecule has 0 aromatic carbocycles. The average molecular weight is 384 g/mol. The number of hydrogen-bond acceptors (Lipinski definition) is 4. The molecule has 0 bridgehead atoms. The number of pyridine rings is 2. The number of furan rings is 1. The summed E-state index contributed by atoms with van der Waals surface area (Å²) in [5, 5.41) is 4.72. The van der Waals surface area contributed by atoms with Crippen LogP contribution >= 0.6 is 0 Å². The number of nitrogens with one attached hydrogen (secondary N) is 2. The topological polar surface area (TPSA) is 89.2 Å². The van der Waals surface area contributed by atoms with Crippen molar-refractivity contribution in [2.24, 2.45) is 0 Å². The van der Waals surface area contributed by atoms with E-state index in [9.17, 15) is 9.59 Å². The zero-order chi connectivity index (χ0) is 20.4. The number of rotatable bonds is 4. The minimum Gasteiger partial charge on any atom is -0.461 e. The van der Waals surface area contributed by atoms with E-state index in [1.807, 2.05) is 13.8 Å². The lowest BCUT2D eigenvalue weighted by Gasteiger charge is -2.15. The molecular formula is C20H21FN4O3. The SMILES string of the molecule is CNC(=O)Nc1ncc(-c2ccc(=O)n(C(C)C)c2)c(-c2ccc(C)o2)c1F. The van der Waals surface area contributed by atoms with Gasteiger partial charge in [-0.2, -0.15) is 0 Å². The van der Waals surface area contributed by atoms with Crippen molar-refractivity contribution in [3.8, 4) is 22.5 Å². The lowest BCUT2D eigenvalue weighted by atomic mass is 10.0. The van der Waals surface area contributed by atoms with Gasteiger partial charge in [-0.1, -0.05) is 0 Å². The van der Waals surface area contributed by atoms with Gasteiger partial charge in [0.25, 0.3) is 5.56 Å². The number of aromatic nitrogens is 2. The molecule has 0 aliphatic rings. The molecule has 2 amide bonds. The van der Waals surface area contributed by atoms with E-state index in [2.05, 4.69) is 15.6 Å². The van der Waals surface area contributed by atoms with Gasteiger partial charge in [0.1, 0.15) is 11.5 Å². The third-order valence-corrected chi connectivity index (χ3v) is 4.27. The summed E-state index contributed by atoms with van der Waals surface area (Å²) in [7, 11) is 1.42. The molecule has 3 rings (SSSR count). The quantitative estimate of drug-likeness (QED) is 0.713. The van der Waals surface area contributed by atoms with E-state index in [4.69, 9.17) is 4.42 Å². The van der Waals surface area contributed by atoms with Crippen molar-refractivity contribution in [1.82, 2.24) is 14.9 Å². The maximum atomic E-state index is 15.3. The summed E-state index contributed by atoms with van der Waals surface area (Å²) in [6.07, 6.45) is 3.11. The van der Waals surface area contributed by atoms with Crippen LogP contribution < -0.4 is 16.2 Å². The first kappa shape index (κ1) is 19.3. The van der Waals surface area contributed by atoms with Crippen LogP contribution in [0.15, 0.2) is 45.9 Å². The lowest BCUT2D eigenvalue weighted by molar-refractivity contribution is 0.253. The molecule has 7 nitrogen and oxygen atoms in total. The zero-order valence-corrected chi connectivity index (χ0v) is 16.0. The summed E-state index contributed by atoms with van der Waals surface area (Å²) in [5.41, 5.74) is 1.06. The van der Waals surface area contributed by atoms with Crippen molar-refractivity contribution in [1.29, 1.82) is 0 Å². The molecule has 28 heavy (non-hydrogen) atoms. The summed E-state index contributed by atoms with van der Waals surface area (Å²) in [6, 6.07) is 5.77. The Hall–Kier alpha value is -3.42. The van der Waals surface area contributed by atoms with Gasteiger partial charge in [-0.3, -0.25) is 10.1 Å². The molecule has 0 saturated carbocycles. The molecule has 3 aromatic heterocycles. The van der Waals surface area contributed by atoms with Crippen LogP contribution in [0, 0.1) is 12.7 Å². The average Bonchev–Trinajstić information content (AvgIpc) is 3.09. The van der Waals surface area contributed by atoms with Crippen LogP contribution in [-0.2, 0) is 0 Å². The number of nitrogens with zero attached hydrogens (tertiary/aromatic N) is 2. The molecule has 8 heteroatoms. The smallest absolute Gasteiger partial charge is 0.320 e. The van der Waals surface area contributed by atoms with Crippen LogP contribution in [0.25, 0.3) is 22.5 Å². The fourth-order valence-corrected chi connectivity index (χ4v) is 2.84. The number of aryl methyl sites for hydroxylation is 1. The normalized spacial score (nSPS) is 10.9. The van der Waals surface area contributed by atoms with Gasteiger partial charge in [-0.25, -0.2) is 14.2 Å². The standard InChI is InChI=1S/C20H21FN4O3/c1-11(2)25-10-13(6-8-16(25)26)14-9-23-19(24-20(27)22-4)18(21)17(14)15-7-5-12(3)28-15/h5-11H,1-4H3,(H2,22,23,24,27). The van der Waals surface area contributed by atoms with E-state index in [0.717, 1.165) is 0 Å². The monoisotopic (exact) mass is 384 g/mol. The number of urea groups is 1. The maximum Gasteiger partial charge on any atom is 0.320 e. The second-order valence-electron chi connectivity index (χ2n) is 6.58. The van der Waals surface area contributed by atoms with E-state index < -0.39 is 11.8 Å². The molecule has 0 saturated heterocycles. The van der Waals surface area contributed by atoms with Crippen LogP contribution in [0.1, 0.15) is 25.6 Å². The first-order chi connectivity index (χ1) is 13.3. The van der Waals surface area contributed by atoms with E-state index in [-0.39, 0.29) is 23.0 Å². The highest BCUT2D eigenvalue weighted by Gasteiger charge is 2.22. The predicted octanol–water partition coefficient (Wildman–Crippen LogP) is 3.95. The Morgan fingerprint density at radius 2 is 2.00 bits per heavy atom. The molecule has 3 heterocycles. The Morgan fingerprint density at radius 3 is 2.61 bits per heavy atom. The second-order valence-corrected chi connectivity index (χ2v) is 6.58. The molecule has 0 radical (unpaired) electrons. The summed E-state index contributed by atoms with van der Waals surface area (Å²) < 4.78 is 22.5. The van der Waals surface area contributed by atoms with Crippen LogP contribution in [0.2, 0.25) is 0 Å². The summed E-state index contributed by atoms with van der Waals surface area (Å²) >= 11 is 0. The van der Waals surface area contributed by atoms with Gasteiger partial charge < -0.3 is 14.3 Å². The van der Waals surface area contributed by atoms with E-state index in [1.165, 1.54) is 19.3 Å². The van der Waals surface area contributed by atoms with Crippen LogP contribution in [0.5, 0.6) is 0 Å². The van der Waals surface area contributed by atoms with Crippen LogP contribution in [-0.4, -0.2) is 22.6 Å². The fourth-order valence-electron chi connectivity index (χ4n) is 2.84. The summed E-state index contributed by atoms with van der Waals surface area (Å²) in [6.45, 7) is 5.53. The maximum absolute atomic E-state index is 15.3. The Labute approximate surface area is 161 Å². The van der Waals surface area contributed by atoms with Gasteiger partial charge in [-0.05, 0) is 39.0 Å². The van der Waals surface area contributed by atoms with Gasteiger partial charge in [-0.15, -0.1) is 0 Å². The fraction of sp³-hybridized carbons (Fsp3) is 0.250. The van der Waals surface area contributed by atoms with Gasteiger partial charge in [0.15, 0.2) is 11.6 Å². The number of amides is 2. The number of hydrogen-bond donors (Lipinski definition) is 2. The molecule has 2 N–H and O–H groups in total. The highest BCUT2D eigenvalue weighted by atomic mass is 19.1. The molecular weight excluding hydrogens is 363 g/mol.